The topological polar surface area (TPSA) is 80.8 Å². The van der Waals surface area contributed by atoms with E-state index < -0.39 is 0 Å². The molecule has 4 rings (SSSR count). The highest BCUT2D eigenvalue weighted by Gasteiger charge is 2.38. The molecule has 2 aliphatic heterocycles. The average Bonchev–Trinajstić information content (AvgIpc) is 3.28. The molecular weight excluding hydrogens is 388 g/mol. The van der Waals surface area contributed by atoms with E-state index >= 15 is 0 Å². The van der Waals surface area contributed by atoms with Gasteiger partial charge in [-0.25, -0.2) is 10.3 Å². The number of benzene rings is 2. The van der Waals surface area contributed by atoms with Gasteiger partial charge in [-0.3, -0.25) is 5.43 Å². The van der Waals surface area contributed by atoms with Gasteiger partial charge in [0.2, 0.25) is 0 Å². The summed E-state index contributed by atoms with van der Waals surface area (Å²) in [5.41, 5.74) is 10.4. The Balaban J connectivity index is 1.51. The zero-order valence-corrected chi connectivity index (χ0v) is 16.9. The van der Waals surface area contributed by atoms with Gasteiger partial charge in [-0.15, -0.1) is 10.6 Å². The second-order valence-electron chi connectivity index (χ2n) is 7.53. The second kappa shape index (κ2) is 8.71. The molecule has 0 aromatic heterocycles. The number of amides is 2. The van der Waals surface area contributed by atoms with Crippen molar-refractivity contribution in [3.63, 3.8) is 0 Å². The second-order valence-corrected chi connectivity index (χ2v) is 7.97. The van der Waals surface area contributed by atoms with Gasteiger partial charge in [0.25, 0.3) is 0 Å². The average molecular weight is 413 g/mol. The maximum atomic E-state index is 13.0. The molecule has 152 valence electrons. The van der Waals surface area contributed by atoms with Crippen molar-refractivity contribution in [1.29, 1.82) is 0 Å². The summed E-state index contributed by atoms with van der Waals surface area (Å²) in [6.07, 6.45) is 3.69. The lowest BCUT2D eigenvalue weighted by molar-refractivity contribution is 0.155. The third-order valence-electron chi connectivity index (χ3n) is 5.64. The number of urea groups is 1. The fourth-order valence-electron chi connectivity index (χ4n) is 4.12. The van der Waals surface area contributed by atoms with Crippen molar-refractivity contribution in [3.8, 4) is 0 Å². The van der Waals surface area contributed by atoms with Gasteiger partial charge < -0.3 is 10.2 Å². The summed E-state index contributed by atoms with van der Waals surface area (Å²) in [6.45, 7) is 1.42. The van der Waals surface area contributed by atoms with E-state index in [1.807, 2.05) is 23.1 Å². The number of carbonyl (C=O) groups is 1. The number of hydrazine groups is 2. The zero-order chi connectivity index (χ0) is 20.1. The van der Waals surface area contributed by atoms with Crippen molar-refractivity contribution >= 4 is 29.2 Å². The third-order valence-corrected chi connectivity index (χ3v) is 5.89. The number of hydrazone groups is 1. The SMILES string of the molecule is O=C(Nc1ccc(Cl)cc1)N1CCCC(CCC2=NNNN2)(c2ccccc2)C1. The summed E-state index contributed by atoms with van der Waals surface area (Å²) in [7, 11) is 0. The first-order chi connectivity index (χ1) is 14.1. The molecule has 2 heterocycles. The quantitative estimate of drug-likeness (QED) is 0.604. The van der Waals surface area contributed by atoms with Crippen molar-refractivity contribution in [2.24, 2.45) is 5.10 Å². The first kappa shape index (κ1) is 19.5. The van der Waals surface area contributed by atoms with E-state index in [2.05, 4.69) is 51.2 Å². The van der Waals surface area contributed by atoms with E-state index in [4.69, 9.17) is 11.6 Å². The summed E-state index contributed by atoms with van der Waals surface area (Å²) in [5.74, 6) is 0.878. The molecule has 1 saturated heterocycles. The van der Waals surface area contributed by atoms with E-state index in [9.17, 15) is 4.79 Å². The molecule has 1 fully saturated rings. The number of anilines is 1. The summed E-state index contributed by atoms with van der Waals surface area (Å²) in [4.78, 5) is 14.9. The van der Waals surface area contributed by atoms with Gasteiger partial charge in [-0.2, -0.15) is 0 Å². The van der Waals surface area contributed by atoms with Gasteiger partial charge in [0.1, 0.15) is 5.84 Å². The Morgan fingerprint density at radius 2 is 1.97 bits per heavy atom. The van der Waals surface area contributed by atoms with Crippen LogP contribution in [0.25, 0.3) is 0 Å². The molecule has 1 unspecified atom stereocenters. The van der Waals surface area contributed by atoms with Gasteiger partial charge in [0, 0.05) is 35.6 Å². The molecule has 2 amide bonds. The Morgan fingerprint density at radius 3 is 2.69 bits per heavy atom. The highest BCUT2D eigenvalue weighted by molar-refractivity contribution is 6.30. The Bertz CT molecular complexity index is 872. The lowest BCUT2D eigenvalue weighted by Gasteiger charge is -2.43. The Morgan fingerprint density at radius 1 is 1.17 bits per heavy atom. The predicted molar refractivity (Wildman–Crippen MR) is 115 cm³/mol. The summed E-state index contributed by atoms with van der Waals surface area (Å²) < 4.78 is 0. The minimum atomic E-state index is -0.108. The smallest absolute Gasteiger partial charge is 0.321 e. The lowest BCUT2D eigenvalue weighted by Crippen LogP contribution is -2.50. The fourth-order valence-corrected chi connectivity index (χ4v) is 4.24. The van der Waals surface area contributed by atoms with Crippen LogP contribution >= 0.6 is 11.6 Å². The summed E-state index contributed by atoms with van der Waals surface area (Å²) in [5, 5.41) is 7.85. The van der Waals surface area contributed by atoms with E-state index in [1.165, 1.54) is 5.56 Å². The van der Waals surface area contributed by atoms with E-state index in [0.29, 0.717) is 11.6 Å². The molecule has 2 aromatic carbocycles. The molecule has 29 heavy (non-hydrogen) atoms. The maximum Gasteiger partial charge on any atom is 0.321 e. The monoisotopic (exact) mass is 412 g/mol. The Labute approximate surface area is 175 Å². The van der Waals surface area contributed by atoms with Crippen molar-refractivity contribution in [2.75, 3.05) is 18.4 Å². The molecule has 4 N–H and O–H groups in total. The third kappa shape index (κ3) is 4.63. The number of hydrogen-bond donors (Lipinski definition) is 4. The van der Waals surface area contributed by atoms with Crippen molar-refractivity contribution in [1.82, 2.24) is 21.4 Å². The Hall–Kier alpha value is -2.77. The summed E-state index contributed by atoms with van der Waals surface area (Å²) >= 11 is 5.94. The number of nitrogens with one attached hydrogen (secondary N) is 4. The molecule has 0 saturated carbocycles. The largest absolute Gasteiger partial charge is 0.324 e. The van der Waals surface area contributed by atoms with Gasteiger partial charge in [-0.05, 0) is 49.1 Å². The molecule has 8 heteroatoms. The van der Waals surface area contributed by atoms with Crippen LogP contribution in [0.15, 0.2) is 59.7 Å². The molecule has 0 spiro atoms. The number of carbonyl (C=O) groups excluding carboxylic acids is 1. The van der Waals surface area contributed by atoms with Crippen LogP contribution in [0, 0.1) is 0 Å². The molecule has 2 aliphatic rings. The maximum absolute atomic E-state index is 13.0. The Kier molecular flexibility index (Phi) is 5.87. The van der Waals surface area contributed by atoms with Crippen LogP contribution in [0.3, 0.4) is 0 Å². The van der Waals surface area contributed by atoms with E-state index in [-0.39, 0.29) is 11.4 Å². The molecule has 2 aromatic rings. The minimum Gasteiger partial charge on any atom is -0.324 e. The molecular formula is C21H25ClN6O. The molecule has 1 atom stereocenters. The van der Waals surface area contributed by atoms with Gasteiger partial charge >= 0.3 is 6.03 Å². The van der Waals surface area contributed by atoms with E-state index in [1.54, 1.807) is 12.1 Å². The number of rotatable bonds is 5. The standard InChI is InChI=1S/C21H25ClN6O/c22-17-7-9-18(10-8-17)23-20(29)28-14-4-12-21(15-28,16-5-2-1-3-6-16)13-11-19-24-26-27-25-19/h1-3,5-10,26-27H,4,11-15H2,(H,23,29)(H,24,25). The first-order valence-corrected chi connectivity index (χ1v) is 10.2. The zero-order valence-electron chi connectivity index (χ0n) is 16.1. The van der Waals surface area contributed by atoms with Gasteiger partial charge in [0.15, 0.2) is 0 Å². The van der Waals surface area contributed by atoms with E-state index in [0.717, 1.165) is 43.8 Å². The van der Waals surface area contributed by atoms with Crippen LogP contribution in [0.4, 0.5) is 10.5 Å². The fraction of sp³-hybridized carbons (Fsp3) is 0.333. The number of likely N-dealkylation sites (tertiary alicyclic amines) is 1. The van der Waals surface area contributed by atoms with Crippen LogP contribution in [0.2, 0.25) is 5.02 Å². The molecule has 0 aliphatic carbocycles. The predicted octanol–water partition coefficient (Wildman–Crippen LogP) is 3.61. The molecule has 0 bridgehead atoms. The number of nitrogens with zero attached hydrogens (tertiary/aromatic N) is 2. The van der Waals surface area contributed by atoms with Gasteiger partial charge in [0.05, 0.1) is 0 Å². The van der Waals surface area contributed by atoms with Crippen LogP contribution in [0.5, 0.6) is 0 Å². The lowest BCUT2D eigenvalue weighted by atomic mass is 9.71. The van der Waals surface area contributed by atoms with Crippen LogP contribution in [0.1, 0.15) is 31.2 Å². The molecule has 7 nitrogen and oxygen atoms in total. The van der Waals surface area contributed by atoms with Crippen LogP contribution in [-0.4, -0.2) is 29.9 Å². The minimum absolute atomic E-state index is 0.0769. The van der Waals surface area contributed by atoms with Crippen LogP contribution < -0.4 is 21.8 Å². The highest BCUT2D eigenvalue weighted by Crippen LogP contribution is 2.38. The number of piperidine rings is 1. The molecule has 0 radical (unpaired) electrons. The number of halogens is 1. The first-order valence-electron chi connectivity index (χ1n) is 9.84. The normalized spacial score (nSPS) is 21.1. The highest BCUT2D eigenvalue weighted by atomic mass is 35.5. The van der Waals surface area contributed by atoms with Crippen molar-refractivity contribution in [3.05, 3.63) is 65.2 Å². The van der Waals surface area contributed by atoms with Crippen molar-refractivity contribution < 1.29 is 4.79 Å². The van der Waals surface area contributed by atoms with Gasteiger partial charge in [-0.1, -0.05) is 41.9 Å². The summed E-state index contributed by atoms with van der Waals surface area (Å²) in [6, 6.07) is 17.6. The van der Waals surface area contributed by atoms with Crippen LogP contribution in [-0.2, 0) is 5.41 Å². The van der Waals surface area contributed by atoms with Crippen molar-refractivity contribution in [2.45, 2.75) is 31.1 Å². The number of amidine groups is 1. The number of hydrogen-bond acceptors (Lipinski definition) is 5.